The van der Waals surface area contributed by atoms with Gasteiger partial charge < -0.3 is 24.2 Å². The van der Waals surface area contributed by atoms with Crippen LogP contribution in [0.15, 0.2) is 42.7 Å². The number of nitrogens with one attached hydrogen (secondary N) is 2. The molecule has 16 heteroatoms. The zero-order chi connectivity index (χ0) is 40.3. The molecule has 1 unspecified atom stereocenters. The number of nitrogens with zero attached hydrogens (tertiary/aromatic N) is 8. The summed E-state index contributed by atoms with van der Waals surface area (Å²) in [6.07, 6.45) is 6.26. The molecule has 2 aromatic carbocycles. The number of H-pyrrole nitrogens is 1. The molecule has 0 radical (unpaired) electrons. The second-order valence-corrected chi connectivity index (χ2v) is 17.4. The van der Waals surface area contributed by atoms with Gasteiger partial charge in [-0.05, 0) is 75.3 Å². The molecule has 5 aliphatic heterocycles. The van der Waals surface area contributed by atoms with Gasteiger partial charge in [-0.1, -0.05) is 0 Å². The van der Waals surface area contributed by atoms with Crippen molar-refractivity contribution in [1.82, 2.24) is 40.2 Å². The molecule has 6 aliphatic rings. The number of rotatable bonds is 10. The number of morpholine rings is 1. The Morgan fingerprint density at radius 2 is 1.75 bits per heavy atom. The zero-order valence-corrected chi connectivity index (χ0v) is 33.5. The lowest BCUT2D eigenvalue weighted by Crippen LogP contribution is -2.53. The Labute approximate surface area is 342 Å². The van der Waals surface area contributed by atoms with E-state index in [1.54, 1.807) is 18.5 Å². The number of imide groups is 1. The molecule has 4 aromatic rings. The molecule has 1 saturated carbocycles. The highest BCUT2D eigenvalue weighted by molar-refractivity contribution is 6.05. The van der Waals surface area contributed by atoms with Crippen LogP contribution in [0.2, 0.25) is 0 Å². The van der Waals surface area contributed by atoms with Crippen LogP contribution in [0.4, 0.5) is 15.9 Å². The molecule has 0 bridgehead atoms. The second-order valence-electron chi connectivity index (χ2n) is 17.4. The first-order valence-electron chi connectivity index (χ1n) is 21.2. The van der Waals surface area contributed by atoms with E-state index in [2.05, 4.69) is 58.1 Å². The van der Waals surface area contributed by atoms with Crippen LogP contribution >= 0.6 is 0 Å². The van der Waals surface area contributed by atoms with E-state index in [1.807, 2.05) is 18.2 Å². The lowest BCUT2D eigenvalue weighted by molar-refractivity contribution is -0.136. The van der Waals surface area contributed by atoms with E-state index in [1.165, 1.54) is 4.90 Å². The molecule has 7 heterocycles. The number of aromatic amines is 1. The van der Waals surface area contributed by atoms with Crippen LogP contribution in [-0.4, -0.2) is 142 Å². The van der Waals surface area contributed by atoms with Gasteiger partial charge in [-0.15, -0.1) is 0 Å². The number of benzene rings is 2. The first kappa shape index (κ1) is 38.0. The highest BCUT2D eigenvalue weighted by Gasteiger charge is 2.42. The third kappa shape index (κ3) is 7.73. The van der Waals surface area contributed by atoms with Gasteiger partial charge in [-0.3, -0.25) is 34.6 Å². The summed E-state index contributed by atoms with van der Waals surface area (Å²) in [7, 11) is 0. The van der Waals surface area contributed by atoms with Gasteiger partial charge in [0.2, 0.25) is 11.8 Å². The standard InChI is InChI=1S/C43H51FN10O5/c1-43(10-11-43)59-28-2-4-33-31(20-28)40(49-48-33)34-21-37(46-26-45-34)53-16-14-50(15-17-53)23-29-24-51(18-19-58-29)22-27-8-12-52(13-9-27)35-5-3-30-32(39(35)44)25-54(42(30)57)36-6-7-38(55)47-41(36)56/h2-5,20-21,26-27,29,36H,6-19,22-25H2,1H3,(H,48,49)(H,47,55,56)/t29-,36?/m1/s1. The molecule has 59 heavy (non-hydrogen) atoms. The zero-order valence-electron chi connectivity index (χ0n) is 33.5. The molecular weight excluding hydrogens is 756 g/mol. The van der Waals surface area contributed by atoms with Crippen molar-refractivity contribution in [3.8, 4) is 17.1 Å². The number of amides is 3. The van der Waals surface area contributed by atoms with E-state index in [9.17, 15) is 14.4 Å². The fourth-order valence-electron chi connectivity index (χ4n) is 9.53. The Morgan fingerprint density at radius 3 is 2.54 bits per heavy atom. The summed E-state index contributed by atoms with van der Waals surface area (Å²) in [4.78, 5) is 57.4. The molecular formula is C43H51FN10O5. The van der Waals surface area contributed by atoms with Gasteiger partial charge in [-0.25, -0.2) is 14.4 Å². The molecule has 1 aliphatic carbocycles. The van der Waals surface area contributed by atoms with Gasteiger partial charge >= 0.3 is 0 Å². The quantitative estimate of drug-likeness (QED) is 0.226. The first-order valence-corrected chi connectivity index (χ1v) is 21.2. The number of carbonyl (C=O) groups excluding carboxylic acids is 3. The van der Waals surface area contributed by atoms with Crippen molar-refractivity contribution in [1.29, 1.82) is 0 Å². The minimum Gasteiger partial charge on any atom is -0.488 e. The molecule has 4 saturated heterocycles. The monoisotopic (exact) mass is 806 g/mol. The van der Waals surface area contributed by atoms with Crippen molar-refractivity contribution in [3.63, 3.8) is 0 Å². The minimum atomic E-state index is -0.762. The number of hydrogen-bond donors (Lipinski definition) is 2. The largest absolute Gasteiger partial charge is 0.488 e. The van der Waals surface area contributed by atoms with Crippen LogP contribution in [0.25, 0.3) is 22.3 Å². The normalized spacial score (nSPS) is 24.2. The van der Waals surface area contributed by atoms with Gasteiger partial charge in [0.15, 0.2) is 5.82 Å². The summed E-state index contributed by atoms with van der Waals surface area (Å²) < 4.78 is 28.5. The maximum absolute atomic E-state index is 16.0. The summed E-state index contributed by atoms with van der Waals surface area (Å²) in [5.74, 6) is 0.691. The number of hydrogen-bond acceptors (Lipinski definition) is 12. The molecule has 15 nitrogen and oxygen atoms in total. The number of piperidine rings is 2. The molecule has 2 N–H and O–H groups in total. The maximum Gasteiger partial charge on any atom is 0.255 e. The molecule has 310 valence electrons. The Balaban J connectivity index is 0.694. The number of anilines is 2. The van der Waals surface area contributed by atoms with Gasteiger partial charge in [-0.2, -0.15) is 5.10 Å². The van der Waals surface area contributed by atoms with Gasteiger partial charge in [0.25, 0.3) is 5.91 Å². The van der Waals surface area contributed by atoms with Crippen LogP contribution in [0.1, 0.15) is 61.4 Å². The minimum absolute atomic E-state index is 0.0364. The van der Waals surface area contributed by atoms with Crippen molar-refractivity contribution in [2.24, 2.45) is 5.92 Å². The maximum atomic E-state index is 16.0. The number of aromatic nitrogens is 4. The molecule has 2 atom stereocenters. The highest BCUT2D eigenvalue weighted by atomic mass is 19.1. The molecule has 0 spiro atoms. The van der Waals surface area contributed by atoms with Crippen LogP contribution in [0.5, 0.6) is 5.75 Å². The van der Waals surface area contributed by atoms with Crippen molar-refractivity contribution in [2.45, 2.75) is 69.7 Å². The molecule has 5 fully saturated rings. The van der Waals surface area contributed by atoms with E-state index >= 15 is 4.39 Å². The predicted octanol–water partition coefficient (Wildman–Crippen LogP) is 3.59. The predicted molar refractivity (Wildman–Crippen MR) is 218 cm³/mol. The number of piperazine rings is 1. The number of halogens is 1. The van der Waals surface area contributed by atoms with E-state index in [0.29, 0.717) is 22.7 Å². The van der Waals surface area contributed by atoms with Crippen molar-refractivity contribution >= 4 is 40.1 Å². The summed E-state index contributed by atoms with van der Waals surface area (Å²) in [5.41, 5.74) is 3.63. The number of ether oxygens (including phenoxy) is 2. The lowest BCUT2D eigenvalue weighted by Gasteiger charge is -2.41. The van der Waals surface area contributed by atoms with E-state index in [0.717, 1.165) is 132 Å². The van der Waals surface area contributed by atoms with Gasteiger partial charge in [0, 0.05) is 94.4 Å². The average molecular weight is 807 g/mol. The van der Waals surface area contributed by atoms with E-state index in [4.69, 9.17) is 9.47 Å². The van der Waals surface area contributed by atoms with Crippen molar-refractivity contribution in [3.05, 3.63) is 59.7 Å². The third-order valence-corrected chi connectivity index (χ3v) is 13.2. The SMILES string of the molecule is CC1(Oc2ccc3[nH]nc(-c4cc(N5CCN(C[C@@H]6CN(CC7CCN(c8ccc9c(c8F)CN(C8CCC(=O)NC8=O)C9=O)CC7)CCO6)CC5)ncn4)c3c2)CC1. The summed E-state index contributed by atoms with van der Waals surface area (Å²) >= 11 is 0. The fourth-order valence-corrected chi connectivity index (χ4v) is 9.53. The fraction of sp³-hybridized carbons (Fsp3) is 0.535. The number of carbonyl (C=O) groups is 3. The molecule has 10 rings (SSSR count). The van der Waals surface area contributed by atoms with Crippen LogP contribution in [0, 0.1) is 11.7 Å². The van der Waals surface area contributed by atoms with Crippen molar-refractivity contribution < 1.29 is 28.2 Å². The Kier molecular flexibility index (Phi) is 9.96. The average Bonchev–Trinajstić information content (AvgIpc) is 3.65. The molecule has 2 aromatic heterocycles. The van der Waals surface area contributed by atoms with Crippen LogP contribution in [0.3, 0.4) is 0 Å². The van der Waals surface area contributed by atoms with Gasteiger partial charge in [0.1, 0.15) is 35.2 Å². The van der Waals surface area contributed by atoms with Gasteiger partial charge in [0.05, 0.1) is 36.2 Å². The van der Waals surface area contributed by atoms with Crippen molar-refractivity contribution in [2.75, 3.05) is 81.9 Å². The Morgan fingerprint density at radius 1 is 0.915 bits per heavy atom. The summed E-state index contributed by atoms with van der Waals surface area (Å²) in [6.45, 7) is 11.7. The number of fused-ring (bicyclic) bond motifs is 2. The topological polar surface area (TPSA) is 152 Å². The second kappa shape index (κ2) is 15.4. The Hall–Kier alpha value is -5.19. The lowest BCUT2D eigenvalue weighted by atomic mass is 9.95. The Bertz CT molecular complexity index is 2270. The van der Waals surface area contributed by atoms with Crippen LogP contribution < -0.4 is 19.9 Å². The van der Waals surface area contributed by atoms with E-state index in [-0.39, 0.29) is 48.7 Å². The van der Waals surface area contributed by atoms with Crippen LogP contribution in [-0.2, 0) is 20.9 Å². The molecule has 3 amide bonds. The summed E-state index contributed by atoms with van der Waals surface area (Å²) in [5, 5.41) is 11.1. The highest BCUT2D eigenvalue weighted by Crippen LogP contribution is 2.41. The third-order valence-electron chi connectivity index (χ3n) is 13.2. The summed E-state index contributed by atoms with van der Waals surface area (Å²) in [6, 6.07) is 10.7. The smallest absolute Gasteiger partial charge is 0.255 e. The first-order chi connectivity index (χ1) is 28.7. The van der Waals surface area contributed by atoms with E-state index < -0.39 is 11.9 Å².